The van der Waals surface area contributed by atoms with Gasteiger partial charge in [-0.25, -0.2) is 0 Å². The van der Waals surface area contributed by atoms with Crippen LogP contribution in [0.4, 0.5) is 11.4 Å². The first kappa shape index (κ1) is 13.2. The quantitative estimate of drug-likeness (QED) is 0.851. The monoisotopic (exact) mass is 270 g/mol. The molecule has 1 unspecified atom stereocenters. The van der Waals surface area contributed by atoms with Crippen molar-refractivity contribution in [2.24, 2.45) is 0 Å². The van der Waals surface area contributed by atoms with E-state index in [0.29, 0.717) is 6.04 Å². The third-order valence-electron chi connectivity index (χ3n) is 4.42. The Kier molecular flexibility index (Phi) is 3.49. The van der Waals surface area contributed by atoms with Crippen molar-refractivity contribution in [2.75, 3.05) is 37.3 Å². The number of anilines is 2. The molecular weight excluding hydrogens is 248 g/mol. The van der Waals surface area contributed by atoms with Gasteiger partial charge in [-0.2, -0.15) is 0 Å². The summed E-state index contributed by atoms with van der Waals surface area (Å²) in [6.07, 6.45) is 4.89. The zero-order valence-electron chi connectivity index (χ0n) is 12.2. The van der Waals surface area contributed by atoms with Crippen LogP contribution in [0.5, 0.6) is 0 Å². The second-order valence-electron chi connectivity index (χ2n) is 5.58. The maximum absolute atomic E-state index is 6.06. The summed E-state index contributed by atoms with van der Waals surface area (Å²) in [7, 11) is 2.22. The van der Waals surface area contributed by atoms with Gasteiger partial charge in [0.1, 0.15) is 0 Å². The molecule has 106 valence electrons. The molecule has 3 rings (SSSR count). The first-order chi connectivity index (χ1) is 9.70. The highest BCUT2D eigenvalue weighted by molar-refractivity contribution is 6.00. The van der Waals surface area contributed by atoms with Gasteiger partial charge in [0.05, 0.1) is 0 Å². The fourth-order valence-corrected chi connectivity index (χ4v) is 3.08. The maximum atomic E-state index is 6.06. The van der Waals surface area contributed by atoms with Crippen molar-refractivity contribution in [3.63, 3.8) is 0 Å². The zero-order valence-corrected chi connectivity index (χ0v) is 12.2. The Morgan fingerprint density at radius 2 is 2.10 bits per heavy atom. The van der Waals surface area contributed by atoms with Gasteiger partial charge in [-0.05, 0) is 31.7 Å². The van der Waals surface area contributed by atoms with Gasteiger partial charge >= 0.3 is 0 Å². The van der Waals surface area contributed by atoms with Crippen molar-refractivity contribution in [3.8, 4) is 0 Å². The third kappa shape index (κ3) is 2.20. The fourth-order valence-electron chi connectivity index (χ4n) is 3.08. The molecule has 2 aromatic rings. The number of piperazine rings is 1. The number of aromatic nitrogens is 1. The molecule has 0 saturated carbocycles. The zero-order chi connectivity index (χ0) is 14.1. The number of fused-ring (bicyclic) bond motifs is 1. The molecule has 20 heavy (non-hydrogen) atoms. The van der Waals surface area contributed by atoms with E-state index < -0.39 is 0 Å². The second-order valence-corrected chi connectivity index (χ2v) is 5.58. The van der Waals surface area contributed by atoms with Crippen LogP contribution in [0.3, 0.4) is 0 Å². The molecule has 0 amide bonds. The van der Waals surface area contributed by atoms with E-state index in [1.807, 2.05) is 18.5 Å². The molecule has 0 aliphatic carbocycles. The Morgan fingerprint density at radius 1 is 1.25 bits per heavy atom. The molecule has 0 spiro atoms. The highest BCUT2D eigenvalue weighted by atomic mass is 15.3. The Bertz CT molecular complexity index is 610. The molecule has 4 nitrogen and oxygen atoms in total. The number of hydrogen-bond acceptors (Lipinski definition) is 4. The molecule has 1 fully saturated rings. The SMILES string of the molecule is CCC1CN(c2ccc(N)c3cnccc23)CCN1C. The van der Waals surface area contributed by atoms with Crippen LogP contribution in [-0.4, -0.2) is 42.6 Å². The van der Waals surface area contributed by atoms with Crippen molar-refractivity contribution in [1.29, 1.82) is 0 Å². The van der Waals surface area contributed by atoms with Crippen LogP contribution in [0.25, 0.3) is 10.8 Å². The number of nitrogen functional groups attached to an aromatic ring is 1. The van der Waals surface area contributed by atoms with Gasteiger partial charge in [0, 0.05) is 60.2 Å². The predicted octanol–water partition coefficient (Wildman–Crippen LogP) is 2.35. The van der Waals surface area contributed by atoms with Crippen LogP contribution in [0.15, 0.2) is 30.6 Å². The molecule has 1 aliphatic rings. The van der Waals surface area contributed by atoms with Crippen LogP contribution < -0.4 is 10.6 Å². The van der Waals surface area contributed by atoms with Crippen molar-refractivity contribution in [2.45, 2.75) is 19.4 Å². The number of nitrogens with zero attached hydrogens (tertiary/aromatic N) is 3. The largest absolute Gasteiger partial charge is 0.398 e. The van der Waals surface area contributed by atoms with Gasteiger partial charge in [-0.1, -0.05) is 6.92 Å². The summed E-state index contributed by atoms with van der Waals surface area (Å²) in [6.45, 7) is 5.51. The van der Waals surface area contributed by atoms with E-state index in [1.54, 1.807) is 0 Å². The second kappa shape index (κ2) is 5.29. The molecule has 1 aromatic heterocycles. The molecule has 1 aliphatic heterocycles. The molecule has 1 atom stereocenters. The number of rotatable bonds is 2. The smallest absolute Gasteiger partial charge is 0.0449 e. The lowest BCUT2D eigenvalue weighted by atomic mass is 10.1. The Hall–Kier alpha value is -1.81. The Labute approximate surface area is 120 Å². The van der Waals surface area contributed by atoms with Crippen molar-refractivity contribution < 1.29 is 0 Å². The fraction of sp³-hybridized carbons (Fsp3) is 0.438. The summed E-state index contributed by atoms with van der Waals surface area (Å²) >= 11 is 0. The number of nitrogens with two attached hydrogens (primary N) is 1. The summed E-state index contributed by atoms with van der Waals surface area (Å²) < 4.78 is 0. The molecule has 2 N–H and O–H groups in total. The van der Waals surface area contributed by atoms with Crippen molar-refractivity contribution >= 4 is 22.1 Å². The van der Waals surface area contributed by atoms with Crippen LogP contribution in [-0.2, 0) is 0 Å². The molecule has 0 radical (unpaired) electrons. The van der Waals surface area contributed by atoms with E-state index >= 15 is 0 Å². The van der Waals surface area contributed by atoms with Crippen molar-refractivity contribution in [1.82, 2.24) is 9.88 Å². The average Bonchev–Trinajstić information content (AvgIpc) is 2.49. The van der Waals surface area contributed by atoms with Gasteiger partial charge in [0.25, 0.3) is 0 Å². The number of pyridine rings is 1. The Balaban J connectivity index is 2.00. The van der Waals surface area contributed by atoms with Crippen LogP contribution in [0.2, 0.25) is 0 Å². The maximum Gasteiger partial charge on any atom is 0.0449 e. The van der Waals surface area contributed by atoms with Gasteiger partial charge in [0.15, 0.2) is 0 Å². The first-order valence-corrected chi connectivity index (χ1v) is 7.28. The van der Waals surface area contributed by atoms with E-state index in [1.165, 1.54) is 17.5 Å². The molecular formula is C16H22N4. The van der Waals surface area contributed by atoms with Gasteiger partial charge in [0.2, 0.25) is 0 Å². The van der Waals surface area contributed by atoms with Gasteiger partial charge < -0.3 is 10.6 Å². The summed E-state index contributed by atoms with van der Waals surface area (Å²) in [5.41, 5.74) is 8.15. The van der Waals surface area contributed by atoms with E-state index in [4.69, 9.17) is 5.73 Å². The average molecular weight is 270 g/mol. The molecule has 4 heteroatoms. The number of hydrogen-bond donors (Lipinski definition) is 1. The molecule has 1 saturated heterocycles. The summed E-state index contributed by atoms with van der Waals surface area (Å²) in [5.74, 6) is 0. The minimum absolute atomic E-state index is 0.623. The summed E-state index contributed by atoms with van der Waals surface area (Å²) in [6, 6.07) is 6.84. The van der Waals surface area contributed by atoms with Crippen LogP contribution in [0, 0.1) is 0 Å². The highest BCUT2D eigenvalue weighted by Gasteiger charge is 2.24. The normalized spacial score (nSPS) is 20.5. The van der Waals surface area contributed by atoms with E-state index in [9.17, 15) is 0 Å². The molecule has 1 aromatic carbocycles. The lowest BCUT2D eigenvalue weighted by Gasteiger charge is -2.40. The highest BCUT2D eigenvalue weighted by Crippen LogP contribution is 2.31. The number of likely N-dealkylation sites (N-methyl/N-ethyl adjacent to an activating group) is 1. The van der Waals surface area contributed by atoms with E-state index in [0.717, 1.165) is 30.7 Å². The number of benzene rings is 1. The predicted molar refractivity (Wildman–Crippen MR) is 85.1 cm³/mol. The standard InChI is InChI=1S/C16H22N4/c1-3-12-11-20(9-8-19(12)2)16-5-4-15(17)14-10-18-7-6-13(14)16/h4-7,10,12H,3,8-9,11,17H2,1-2H3. The van der Waals surface area contributed by atoms with Gasteiger partial charge in [-0.15, -0.1) is 0 Å². The minimum Gasteiger partial charge on any atom is -0.398 e. The summed E-state index contributed by atoms with van der Waals surface area (Å²) in [5, 5.41) is 2.26. The Morgan fingerprint density at radius 3 is 2.90 bits per heavy atom. The van der Waals surface area contributed by atoms with E-state index in [2.05, 4.69) is 40.9 Å². The lowest BCUT2D eigenvalue weighted by Crippen LogP contribution is -2.51. The topological polar surface area (TPSA) is 45.4 Å². The summed E-state index contributed by atoms with van der Waals surface area (Å²) in [4.78, 5) is 9.13. The van der Waals surface area contributed by atoms with E-state index in [-0.39, 0.29) is 0 Å². The first-order valence-electron chi connectivity index (χ1n) is 7.28. The third-order valence-corrected chi connectivity index (χ3v) is 4.42. The lowest BCUT2D eigenvalue weighted by molar-refractivity contribution is 0.213. The minimum atomic E-state index is 0.623. The van der Waals surface area contributed by atoms with Gasteiger partial charge in [-0.3, -0.25) is 9.88 Å². The van der Waals surface area contributed by atoms with Crippen LogP contribution in [0.1, 0.15) is 13.3 Å². The molecule has 2 heterocycles. The van der Waals surface area contributed by atoms with Crippen molar-refractivity contribution in [3.05, 3.63) is 30.6 Å². The molecule has 0 bridgehead atoms. The van der Waals surface area contributed by atoms with Crippen LogP contribution >= 0.6 is 0 Å².